The quantitative estimate of drug-likeness (QED) is 0.743. The normalized spacial score (nSPS) is 9.62. The maximum atomic E-state index is 11.2. The Morgan fingerprint density at radius 2 is 2.00 bits per heavy atom. The number of hydrogen-bond donors (Lipinski definition) is 2. The van der Waals surface area contributed by atoms with Crippen molar-refractivity contribution in [2.75, 3.05) is 32.6 Å². The number of rotatable bonds is 5. The number of benzene rings is 1. The molecule has 1 aromatic carbocycles. The SMILES string of the molecule is CNCCOC(=O)Nc1ccc(OC)cc1. The Kier molecular flexibility index (Phi) is 5.15. The maximum absolute atomic E-state index is 11.2. The summed E-state index contributed by atoms with van der Waals surface area (Å²) in [6.45, 7) is 0.981. The zero-order valence-electron chi connectivity index (χ0n) is 9.45. The largest absolute Gasteiger partial charge is 0.497 e. The van der Waals surface area contributed by atoms with Crippen LogP contribution in [0.2, 0.25) is 0 Å². The van der Waals surface area contributed by atoms with E-state index in [2.05, 4.69) is 10.6 Å². The highest BCUT2D eigenvalue weighted by molar-refractivity contribution is 5.84. The molecule has 0 heterocycles. The van der Waals surface area contributed by atoms with Crippen molar-refractivity contribution < 1.29 is 14.3 Å². The highest BCUT2D eigenvalue weighted by Gasteiger charge is 2.02. The van der Waals surface area contributed by atoms with Gasteiger partial charge in [0.05, 0.1) is 7.11 Å². The van der Waals surface area contributed by atoms with Crippen molar-refractivity contribution in [1.29, 1.82) is 0 Å². The summed E-state index contributed by atoms with van der Waals surface area (Å²) in [5.41, 5.74) is 0.676. The molecule has 0 unspecified atom stereocenters. The van der Waals surface area contributed by atoms with E-state index in [9.17, 15) is 4.79 Å². The second kappa shape index (κ2) is 6.68. The molecule has 5 heteroatoms. The van der Waals surface area contributed by atoms with Crippen molar-refractivity contribution >= 4 is 11.8 Å². The first kappa shape index (κ1) is 12.3. The van der Waals surface area contributed by atoms with Gasteiger partial charge in [0, 0.05) is 12.2 Å². The summed E-state index contributed by atoms with van der Waals surface area (Å²) in [6.07, 6.45) is -0.458. The predicted octanol–water partition coefficient (Wildman–Crippen LogP) is 1.46. The average Bonchev–Trinajstić information content (AvgIpc) is 2.30. The molecule has 0 aliphatic carbocycles. The van der Waals surface area contributed by atoms with Gasteiger partial charge in [-0.05, 0) is 31.3 Å². The third-order valence-electron chi connectivity index (χ3n) is 1.92. The van der Waals surface area contributed by atoms with Crippen LogP contribution in [0.1, 0.15) is 0 Å². The number of carbonyl (C=O) groups is 1. The number of hydrogen-bond acceptors (Lipinski definition) is 4. The predicted molar refractivity (Wildman–Crippen MR) is 61.9 cm³/mol. The molecule has 1 amide bonds. The number of amides is 1. The molecule has 0 aromatic heterocycles. The number of methoxy groups -OCH3 is 1. The van der Waals surface area contributed by atoms with Crippen molar-refractivity contribution in [2.24, 2.45) is 0 Å². The molecule has 0 fully saturated rings. The lowest BCUT2D eigenvalue weighted by molar-refractivity contribution is 0.163. The molecular formula is C11H16N2O3. The zero-order valence-corrected chi connectivity index (χ0v) is 9.45. The van der Waals surface area contributed by atoms with Gasteiger partial charge in [0.2, 0.25) is 0 Å². The Balaban J connectivity index is 2.37. The van der Waals surface area contributed by atoms with Crippen LogP contribution in [0, 0.1) is 0 Å². The second-order valence-corrected chi connectivity index (χ2v) is 3.09. The van der Waals surface area contributed by atoms with E-state index in [-0.39, 0.29) is 0 Å². The van der Waals surface area contributed by atoms with Crippen molar-refractivity contribution in [3.8, 4) is 5.75 Å². The van der Waals surface area contributed by atoms with Gasteiger partial charge in [0.25, 0.3) is 0 Å². The summed E-state index contributed by atoms with van der Waals surface area (Å²) >= 11 is 0. The minimum absolute atomic E-state index is 0.346. The second-order valence-electron chi connectivity index (χ2n) is 3.09. The van der Waals surface area contributed by atoms with E-state index in [1.807, 2.05) is 0 Å². The van der Waals surface area contributed by atoms with Gasteiger partial charge in [0.15, 0.2) is 0 Å². The maximum Gasteiger partial charge on any atom is 0.411 e. The Labute approximate surface area is 94.7 Å². The fourth-order valence-corrected chi connectivity index (χ4v) is 1.07. The zero-order chi connectivity index (χ0) is 11.8. The van der Waals surface area contributed by atoms with E-state index in [4.69, 9.17) is 9.47 Å². The molecule has 0 saturated carbocycles. The Hall–Kier alpha value is -1.75. The van der Waals surface area contributed by atoms with Gasteiger partial charge < -0.3 is 14.8 Å². The summed E-state index contributed by atoms with van der Waals surface area (Å²) < 4.78 is 9.90. The molecule has 0 spiro atoms. The molecule has 0 radical (unpaired) electrons. The molecule has 0 atom stereocenters. The molecule has 2 N–H and O–H groups in total. The van der Waals surface area contributed by atoms with Crippen LogP contribution < -0.4 is 15.4 Å². The van der Waals surface area contributed by atoms with Gasteiger partial charge in [-0.3, -0.25) is 5.32 Å². The minimum atomic E-state index is -0.458. The Morgan fingerprint density at radius 3 is 2.56 bits per heavy atom. The molecule has 5 nitrogen and oxygen atoms in total. The molecule has 88 valence electrons. The molecule has 1 rings (SSSR count). The smallest absolute Gasteiger partial charge is 0.411 e. The van der Waals surface area contributed by atoms with Crippen molar-refractivity contribution in [2.45, 2.75) is 0 Å². The topological polar surface area (TPSA) is 59.6 Å². The lowest BCUT2D eigenvalue weighted by Crippen LogP contribution is -2.20. The number of carbonyl (C=O) groups excluding carboxylic acids is 1. The Morgan fingerprint density at radius 1 is 1.31 bits per heavy atom. The van der Waals surface area contributed by atoms with Crippen LogP contribution in [-0.4, -0.2) is 33.4 Å². The average molecular weight is 224 g/mol. The van der Waals surface area contributed by atoms with Gasteiger partial charge in [0.1, 0.15) is 12.4 Å². The van der Waals surface area contributed by atoms with Crippen LogP contribution in [0.25, 0.3) is 0 Å². The van der Waals surface area contributed by atoms with Crippen molar-refractivity contribution in [3.05, 3.63) is 24.3 Å². The summed E-state index contributed by atoms with van der Waals surface area (Å²) in [5.74, 6) is 0.745. The fraction of sp³-hybridized carbons (Fsp3) is 0.364. The van der Waals surface area contributed by atoms with Gasteiger partial charge in [-0.25, -0.2) is 4.79 Å². The van der Waals surface area contributed by atoms with E-state index in [0.29, 0.717) is 18.8 Å². The fourth-order valence-electron chi connectivity index (χ4n) is 1.07. The lowest BCUT2D eigenvalue weighted by atomic mass is 10.3. The molecule has 0 saturated heterocycles. The molecule has 0 aliphatic heterocycles. The van der Waals surface area contributed by atoms with Crippen LogP contribution in [0.3, 0.4) is 0 Å². The summed E-state index contributed by atoms with van der Waals surface area (Å²) in [6, 6.07) is 7.03. The van der Waals surface area contributed by atoms with E-state index in [1.54, 1.807) is 38.4 Å². The van der Waals surface area contributed by atoms with Crippen LogP contribution in [0.15, 0.2) is 24.3 Å². The van der Waals surface area contributed by atoms with Crippen molar-refractivity contribution in [1.82, 2.24) is 5.32 Å². The summed E-state index contributed by atoms with van der Waals surface area (Å²) in [7, 11) is 3.39. The molecule has 0 bridgehead atoms. The lowest BCUT2D eigenvalue weighted by Gasteiger charge is -2.07. The first-order chi connectivity index (χ1) is 7.76. The monoisotopic (exact) mass is 224 g/mol. The first-order valence-electron chi connectivity index (χ1n) is 4.98. The third-order valence-corrected chi connectivity index (χ3v) is 1.92. The van der Waals surface area contributed by atoms with Crippen molar-refractivity contribution in [3.63, 3.8) is 0 Å². The molecule has 0 aliphatic rings. The highest BCUT2D eigenvalue weighted by Crippen LogP contribution is 2.14. The van der Waals surface area contributed by atoms with Gasteiger partial charge in [-0.1, -0.05) is 0 Å². The number of likely N-dealkylation sites (N-methyl/N-ethyl adjacent to an activating group) is 1. The number of anilines is 1. The van der Waals surface area contributed by atoms with Crippen LogP contribution >= 0.6 is 0 Å². The standard InChI is InChI=1S/C11H16N2O3/c1-12-7-8-16-11(14)13-9-3-5-10(15-2)6-4-9/h3-6,12H,7-8H2,1-2H3,(H,13,14). The van der Waals surface area contributed by atoms with Crippen LogP contribution in [0.5, 0.6) is 5.75 Å². The highest BCUT2D eigenvalue weighted by atomic mass is 16.5. The van der Waals surface area contributed by atoms with E-state index in [0.717, 1.165) is 5.75 Å². The van der Waals surface area contributed by atoms with Crippen LogP contribution in [0.4, 0.5) is 10.5 Å². The summed E-state index contributed by atoms with van der Waals surface area (Å²) in [4.78, 5) is 11.2. The Bertz CT molecular complexity index is 325. The third kappa shape index (κ3) is 4.18. The molecule has 16 heavy (non-hydrogen) atoms. The van der Waals surface area contributed by atoms with Crippen LogP contribution in [-0.2, 0) is 4.74 Å². The van der Waals surface area contributed by atoms with E-state index < -0.39 is 6.09 Å². The number of ether oxygens (including phenoxy) is 2. The molecule has 1 aromatic rings. The van der Waals surface area contributed by atoms with Gasteiger partial charge in [-0.15, -0.1) is 0 Å². The van der Waals surface area contributed by atoms with E-state index >= 15 is 0 Å². The number of nitrogens with one attached hydrogen (secondary N) is 2. The minimum Gasteiger partial charge on any atom is -0.497 e. The van der Waals surface area contributed by atoms with E-state index in [1.165, 1.54) is 0 Å². The molecular weight excluding hydrogens is 208 g/mol. The van der Waals surface area contributed by atoms with Gasteiger partial charge >= 0.3 is 6.09 Å². The first-order valence-corrected chi connectivity index (χ1v) is 4.98. The van der Waals surface area contributed by atoms with Gasteiger partial charge in [-0.2, -0.15) is 0 Å². The summed E-state index contributed by atoms with van der Waals surface area (Å²) in [5, 5.41) is 5.49.